The predicted molar refractivity (Wildman–Crippen MR) is 62.1 cm³/mol. The number of nitrogens with two attached hydrogens (primary N) is 1. The van der Waals surface area contributed by atoms with Crippen LogP contribution in [0.4, 0.5) is 0 Å². The summed E-state index contributed by atoms with van der Waals surface area (Å²) >= 11 is 0. The Labute approximate surface area is 91.4 Å². The van der Waals surface area contributed by atoms with E-state index in [1.54, 1.807) is 0 Å². The molecule has 15 heavy (non-hydrogen) atoms. The number of hydrogen-bond acceptors (Lipinski definition) is 2. The first kappa shape index (κ1) is 10.5. The first-order chi connectivity index (χ1) is 7.36. The lowest BCUT2D eigenvalue weighted by Gasteiger charge is -2.10. The molecule has 82 valence electrons. The second-order valence-electron chi connectivity index (χ2n) is 4.22. The van der Waals surface area contributed by atoms with Gasteiger partial charge in [-0.05, 0) is 42.9 Å². The van der Waals surface area contributed by atoms with Gasteiger partial charge in [-0.15, -0.1) is 0 Å². The largest absolute Gasteiger partial charge is 0.493 e. The maximum Gasteiger partial charge on any atom is 0.122 e. The molecule has 2 N–H and O–H groups in total. The van der Waals surface area contributed by atoms with Crippen LogP contribution >= 0.6 is 0 Å². The second-order valence-corrected chi connectivity index (χ2v) is 4.22. The quantitative estimate of drug-likeness (QED) is 0.801. The van der Waals surface area contributed by atoms with Crippen molar-refractivity contribution in [3.05, 3.63) is 29.8 Å². The van der Waals surface area contributed by atoms with Crippen LogP contribution in [0.5, 0.6) is 5.75 Å². The van der Waals surface area contributed by atoms with E-state index in [-0.39, 0.29) is 0 Å². The van der Waals surface area contributed by atoms with Crippen LogP contribution in [-0.2, 0) is 0 Å². The minimum atomic E-state index is 0.642. The highest BCUT2D eigenvalue weighted by molar-refractivity contribution is 5.39. The van der Waals surface area contributed by atoms with Crippen LogP contribution in [0.25, 0.3) is 0 Å². The van der Waals surface area contributed by atoms with Crippen LogP contribution in [0.1, 0.15) is 31.2 Å². The monoisotopic (exact) mass is 205 g/mol. The van der Waals surface area contributed by atoms with Crippen molar-refractivity contribution < 1.29 is 4.74 Å². The summed E-state index contributed by atoms with van der Waals surface area (Å²) in [5.41, 5.74) is 7.02. The Hall–Kier alpha value is -1.02. The van der Waals surface area contributed by atoms with E-state index in [0.29, 0.717) is 11.8 Å². The fourth-order valence-electron chi connectivity index (χ4n) is 2.02. The molecule has 2 heteroatoms. The van der Waals surface area contributed by atoms with Crippen LogP contribution in [0.2, 0.25) is 0 Å². The molecule has 2 rings (SSSR count). The SMILES string of the molecule is CCCOc1ccccc1[C@H]1C[C@@H]1CN. The van der Waals surface area contributed by atoms with E-state index in [2.05, 4.69) is 25.1 Å². The molecule has 0 saturated heterocycles. The Kier molecular flexibility index (Phi) is 3.27. The van der Waals surface area contributed by atoms with Crippen molar-refractivity contribution in [1.29, 1.82) is 0 Å². The number of para-hydroxylation sites is 1. The van der Waals surface area contributed by atoms with Crippen molar-refractivity contribution in [3.63, 3.8) is 0 Å². The fourth-order valence-corrected chi connectivity index (χ4v) is 2.02. The Morgan fingerprint density at radius 3 is 2.87 bits per heavy atom. The molecule has 1 saturated carbocycles. The summed E-state index contributed by atoms with van der Waals surface area (Å²) in [6.45, 7) is 3.73. The molecular formula is C13H19NO. The zero-order valence-electron chi connectivity index (χ0n) is 9.28. The highest BCUT2D eigenvalue weighted by Crippen LogP contribution is 2.49. The van der Waals surface area contributed by atoms with E-state index >= 15 is 0 Å². The number of benzene rings is 1. The van der Waals surface area contributed by atoms with Crippen molar-refractivity contribution >= 4 is 0 Å². The standard InChI is InChI=1S/C13H19NO/c1-2-7-15-13-6-4-3-5-11(13)12-8-10(12)9-14/h3-6,10,12H,2,7-9,14H2,1H3/t10-,12+/m1/s1. The fraction of sp³-hybridized carbons (Fsp3) is 0.538. The lowest BCUT2D eigenvalue weighted by Crippen LogP contribution is -2.03. The molecule has 1 aromatic rings. The van der Waals surface area contributed by atoms with Gasteiger partial charge < -0.3 is 10.5 Å². The van der Waals surface area contributed by atoms with E-state index in [0.717, 1.165) is 25.3 Å². The Morgan fingerprint density at radius 1 is 1.40 bits per heavy atom. The van der Waals surface area contributed by atoms with E-state index in [4.69, 9.17) is 10.5 Å². The molecule has 0 aromatic heterocycles. The minimum Gasteiger partial charge on any atom is -0.493 e. The molecule has 0 radical (unpaired) electrons. The van der Waals surface area contributed by atoms with Gasteiger partial charge in [0.1, 0.15) is 5.75 Å². The van der Waals surface area contributed by atoms with Crippen molar-refractivity contribution in [2.45, 2.75) is 25.7 Å². The summed E-state index contributed by atoms with van der Waals surface area (Å²) in [4.78, 5) is 0. The third-order valence-electron chi connectivity index (χ3n) is 3.01. The van der Waals surface area contributed by atoms with Gasteiger partial charge in [-0.1, -0.05) is 25.1 Å². The van der Waals surface area contributed by atoms with Gasteiger partial charge in [-0.3, -0.25) is 0 Å². The van der Waals surface area contributed by atoms with Crippen LogP contribution in [0.3, 0.4) is 0 Å². The summed E-state index contributed by atoms with van der Waals surface area (Å²) < 4.78 is 5.74. The summed E-state index contributed by atoms with van der Waals surface area (Å²) in [5, 5.41) is 0. The first-order valence-corrected chi connectivity index (χ1v) is 5.78. The van der Waals surface area contributed by atoms with Crippen LogP contribution in [0, 0.1) is 5.92 Å². The molecule has 0 bridgehead atoms. The highest BCUT2D eigenvalue weighted by Gasteiger charge is 2.38. The zero-order chi connectivity index (χ0) is 10.7. The van der Waals surface area contributed by atoms with Crippen molar-refractivity contribution in [2.24, 2.45) is 11.7 Å². The molecule has 2 atom stereocenters. The van der Waals surface area contributed by atoms with Gasteiger partial charge in [0.05, 0.1) is 6.61 Å². The molecule has 0 heterocycles. The molecule has 1 fully saturated rings. The number of rotatable bonds is 5. The molecule has 1 aromatic carbocycles. The van der Waals surface area contributed by atoms with Gasteiger partial charge in [0.25, 0.3) is 0 Å². The summed E-state index contributed by atoms with van der Waals surface area (Å²) in [7, 11) is 0. The van der Waals surface area contributed by atoms with Crippen molar-refractivity contribution in [3.8, 4) is 5.75 Å². The molecule has 0 aliphatic heterocycles. The molecule has 0 amide bonds. The number of hydrogen-bond donors (Lipinski definition) is 1. The topological polar surface area (TPSA) is 35.2 Å². The van der Waals surface area contributed by atoms with Gasteiger partial charge in [-0.2, -0.15) is 0 Å². The van der Waals surface area contributed by atoms with Crippen LogP contribution < -0.4 is 10.5 Å². The Bertz CT molecular complexity index is 324. The highest BCUT2D eigenvalue weighted by atomic mass is 16.5. The lowest BCUT2D eigenvalue weighted by atomic mass is 10.1. The summed E-state index contributed by atoms with van der Waals surface area (Å²) in [6, 6.07) is 8.36. The first-order valence-electron chi connectivity index (χ1n) is 5.78. The molecule has 1 aliphatic carbocycles. The number of ether oxygens (including phenoxy) is 1. The zero-order valence-corrected chi connectivity index (χ0v) is 9.28. The Balaban J connectivity index is 2.09. The molecule has 0 spiro atoms. The van der Waals surface area contributed by atoms with Crippen molar-refractivity contribution in [1.82, 2.24) is 0 Å². The molecule has 2 nitrogen and oxygen atoms in total. The van der Waals surface area contributed by atoms with E-state index in [1.807, 2.05) is 6.07 Å². The third-order valence-corrected chi connectivity index (χ3v) is 3.01. The summed E-state index contributed by atoms with van der Waals surface area (Å²) in [6.07, 6.45) is 2.28. The molecular weight excluding hydrogens is 186 g/mol. The van der Waals surface area contributed by atoms with Gasteiger partial charge in [0.2, 0.25) is 0 Å². The third kappa shape index (κ3) is 2.32. The normalized spacial score (nSPS) is 23.9. The van der Waals surface area contributed by atoms with Gasteiger partial charge in [0.15, 0.2) is 0 Å². The van der Waals surface area contributed by atoms with Gasteiger partial charge in [0, 0.05) is 0 Å². The summed E-state index contributed by atoms with van der Waals surface area (Å²) in [5.74, 6) is 2.37. The smallest absolute Gasteiger partial charge is 0.122 e. The lowest BCUT2D eigenvalue weighted by molar-refractivity contribution is 0.314. The maximum atomic E-state index is 5.74. The van der Waals surface area contributed by atoms with Gasteiger partial charge >= 0.3 is 0 Å². The molecule has 1 aliphatic rings. The second kappa shape index (κ2) is 4.67. The van der Waals surface area contributed by atoms with Crippen LogP contribution in [-0.4, -0.2) is 13.2 Å². The van der Waals surface area contributed by atoms with E-state index in [9.17, 15) is 0 Å². The van der Waals surface area contributed by atoms with Gasteiger partial charge in [-0.25, -0.2) is 0 Å². The Morgan fingerprint density at radius 2 is 2.20 bits per heavy atom. The average molecular weight is 205 g/mol. The predicted octanol–water partition coefficient (Wildman–Crippen LogP) is 2.54. The van der Waals surface area contributed by atoms with Crippen molar-refractivity contribution in [2.75, 3.05) is 13.2 Å². The molecule has 0 unspecified atom stereocenters. The van der Waals surface area contributed by atoms with Crippen LogP contribution in [0.15, 0.2) is 24.3 Å². The van der Waals surface area contributed by atoms with E-state index in [1.165, 1.54) is 12.0 Å². The maximum absolute atomic E-state index is 5.74. The van der Waals surface area contributed by atoms with E-state index < -0.39 is 0 Å². The average Bonchev–Trinajstić information content (AvgIpc) is 3.06. The minimum absolute atomic E-state index is 0.642.